The normalized spacial score (nSPS) is 14.5. The standard InChI is InChI=1S/C15H15BN2/c1-11-14(16)7-4-8-15(11)17-18-9-12-5-2-3-6-13(12)10-18/h2-8,17H,9-10H2,1H3. The lowest BCUT2D eigenvalue weighted by Crippen LogP contribution is -2.25. The van der Waals surface area contributed by atoms with Gasteiger partial charge in [-0.05, 0) is 29.7 Å². The predicted molar refractivity (Wildman–Crippen MR) is 75.9 cm³/mol. The van der Waals surface area contributed by atoms with E-state index in [4.69, 9.17) is 7.85 Å². The van der Waals surface area contributed by atoms with Crippen LogP contribution in [0, 0.1) is 6.92 Å². The van der Waals surface area contributed by atoms with E-state index in [1.54, 1.807) is 0 Å². The van der Waals surface area contributed by atoms with E-state index in [1.165, 1.54) is 11.1 Å². The van der Waals surface area contributed by atoms with Crippen molar-refractivity contribution in [3.05, 3.63) is 59.2 Å². The third-order valence-electron chi connectivity index (χ3n) is 3.50. The number of nitrogens with zero attached hydrogens (tertiary/aromatic N) is 1. The van der Waals surface area contributed by atoms with Crippen LogP contribution in [0.15, 0.2) is 42.5 Å². The minimum absolute atomic E-state index is 0.830. The van der Waals surface area contributed by atoms with Gasteiger partial charge < -0.3 is 5.43 Å². The number of benzene rings is 2. The Hall–Kier alpha value is -1.74. The highest BCUT2D eigenvalue weighted by Crippen LogP contribution is 2.23. The molecule has 0 aromatic heterocycles. The van der Waals surface area contributed by atoms with E-state index in [9.17, 15) is 0 Å². The number of hydrogen-bond donors (Lipinski definition) is 1. The Morgan fingerprint density at radius 1 is 1.00 bits per heavy atom. The molecule has 1 heterocycles. The van der Waals surface area contributed by atoms with Crippen LogP contribution in [-0.2, 0) is 13.1 Å². The summed E-state index contributed by atoms with van der Waals surface area (Å²) in [6.45, 7) is 3.91. The van der Waals surface area contributed by atoms with Crippen LogP contribution in [0.2, 0.25) is 0 Å². The third-order valence-corrected chi connectivity index (χ3v) is 3.50. The quantitative estimate of drug-likeness (QED) is 0.801. The molecular weight excluding hydrogens is 219 g/mol. The summed E-state index contributed by atoms with van der Waals surface area (Å²) in [6, 6.07) is 14.5. The molecular formula is C15H15BN2. The van der Waals surface area contributed by atoms with Gasteiger partial charge in [-0.15, -0.1) is 0 Å². The molecule has 1 aliphatic heterocycles. The maximum atomic E-state index is 5.92. The fourth-order valence-electron chi connectivity index (χ4n) is 2.36. The maximum absolute atomic E-state index is 5.92. The topological polar surface area (TPSA) is 15.3 Å². The second-order valence-electron chi connectivity index (χ2n) is 4.76. The molecule has 2 radical (unpaired) electrons. The monoisotopic (exact) mass is 234 g/mol. The Bertz CT molecular complexity index is 555. The maximum Gasteiger partial charge on any atom is 0.114 e. The number of fused-ring (bicyclic) bond motifs is 1. The van der Waals surface area contributed by atoms with Gasteiger partial charge in [0.05, 0.1) is 5.69 Å². The van der Waals surface area contributed by atoms with Crippen LogP contribution in [0.5, 0.6) is 0 Å². The van der Waals surface area contributed by atoms with Crippen molar-refractivity contribution in [3.63, 3.8) is 0 Å². The van der Waals surface area contributed by atoms with Gasteiger partial charge in [0, 0.05) is 13.1 Å². The molecule has 2 aromatic carbocycles. The molecule has 2 nitrogen and oxygen atoms in total. The first kappa shape index (κ1) is 11.4. The van der Waals surface area contributed by atoms with Crippen LogP contribution in [0.3, 0.4) is 0 Å². The van der Waals surface area contributed by atoms with Gasteiger partial charge in [-0.2, -0.15) is 0 Å². The molecule has 0 amide bonds. The van der Waals surface area contributed by atoms with Gasteiger partial charge in [0.1, 0.15) is 7.85 Å². The van der Waals surface area contributed by atoms with E-state index < -0.39 is 0 Å². The molecule has 88 valence electrons. The summed E-state index contributed by atoms with van der Waals surface area (Å²) in [7, 11) is 5.92. The molecule has 1 N–H and O–H groups in total. The molecule has 0 fully saturated rings. The fourth-order valence-corrected chi connectivity index (χ4v) is 2.36. The van der Waals surface area contributed by atoms with E-state index in [1.807, 2.05) is 19.1 Å². The highest BCUT2D eigenvalue weighted by molar-refractivity contribution is 6.33. The Labute approximate surface area is 109 Å². The Kier molecular flexibility index (Phi) is 2.84. The summed E-state index contributed by atoms with van der Waals surface area (Å²) in [5, 5.41) is 2.21. The first-order chi connectivity index (χ1) is 8.74. The van der Waals surface area contributed by atoms with Gasteiger partial charge in [0.15, 0.2) is 0 Å². The van der Waals surface area contributed by atoms with Gasteiger partial charge in [-0.3, -0.25) is 0 Å². The van der Waals surface area contributed by atoms with Crippen molar-refractivity contribution < 1.29 is 0 Å². The minimum Gasteiger partial charge on any atom is -0.318 e. The van der Waals surface area contributed by atoms with Gasteiger partial charge in [-0.1, -0.05) is 41.9 Å². The number of anilines is 1. The van der Waals surface area contributed by atoms with Crippen molar-refractivity contribution in [1.29, 1.82) is 0 Å². The summed E-state index contributed by atoms with van der Waals surface area (Å²) in [5.41, 5.74) is 9.26. The van der Waals surface area contributed by atoms with Crippen LogP contribution >= 0.6 is 0 Å². The molecule has 0 saturated heterocycles. The van der Waals surface area contributed by atoms with Crippen molar-refractivity contribution in [1.82, 2.24) is 5.01 Å². The molecule has 3 rings (SSSR count). The molecule has 0 spiro atoms. The summed E-state index contributed by atoms with van der Waals surface area (Å²) < 4.78 is 0. The first-order valence-corrected chi connectivity index (χ1v) is 6.17. The summed E-state index contributed by atoms with van der Waals surface area (Å²) in [4.78, 5) is 0. The molecule has 1 aliphatic rings. The second kappa shape index (κ2) is 4.50. The summed E-state index contributed by atoms with van der Waals surface area (Å²) in [6.07, 6.45) is 0. The minimum atomic E-state index is 0.830. The van der Waals surface area contributed by atoms with E-state index >= 15 is 0 Å². The number of rotatable bonds is 2. The third kappa shape index (κ3) is 2.02. The average Bonchev–Trinajstić information content (AvgIpc) is 2.77. The molecule has 0 aliphatic carbocycles. The van der Waals surface area contributed by atoms with Crippen molar-refractivity contribution in [2.24, 2.45) is 0 Å². The SMILES string of the molecule is [B]c1cccc(NN2Cc3ccccc3C2)c1C. The Balaban J connectivity index is 1.78. The van der Waals surface area contributed by atoms with Crippen LogP contribution in [0.4, 0.5) is 5.69 Å². The van der Waals surface area contributed by atoms with Gasteiger partial charge in [0.25, 0.3) is 0 Å². The van der Waals surface area contributed by atoms with Gasteiger partial charge in [0.2, 0.25) is 0 Å². The second-order valence-corrected chi connectivity index (χ2v) is 4.76. The van der Waals surface area contributed by atoms with Crippen LogP contribution in [0.25, 0.3) is 0 Å². The molecule has 2 aromatic rings. The van der Waals surface area contributed by atoms with Crippen molar-refractivity contribution in [3.8, 4) is 0 Å². The van der Waals surface area contributed by atoms with Crippen molar-refractivity contribution in [2.45, 2.75) is 20.0 Å². The lowest BCUT2D eigenvalue weighted by Gasteiger charge is -2.20. The van der Waals surface area contributed by atoms with Gasteiger partial charge in [-0.25, -0.2) is 5.01 Å². The van der Waals surface area contributed by atoms with Crippen molar-refractivity contribution in [2.75, 3.05) is 5.43 Å². The first-order valence-electron chi connectivity index (χ1n) is 6.17. The molecule has 0 saturated carbocycles. The Morgan fingerprint density at radius 3 is 2.33 bits per heavy atom. The smallest absolute Gasteiger partial charge is 0.114 e. The van der Waals surface area contributed by atoms with Crippen LogP contribution < -0.4 is 10.9 Å². The van der Waals surface area contributed by atoms with E-state index in [0.29, 0.717) is 0 Å². The lowest BCUT2D eigenvalue weighted by molar-refractivity contribution is 0.347. The Morgan fingerprint density at radius 2 is 1.67 bits per heavy atom. The molecule has 0 unspecified atom stereocenters. The molecule has 0 atom stereocenters. The van der Waals surface area contributed by atoms with Crippen LogP contribution in [-0.4, -0.2) is 12.9 Å². The van der Waals surface area contributed by atoms with E-state index in [-0.39, 0.29) is 0 Å². The zero-order valence-electron chi connectivity index (χ0n) is 10.5. The highest BCUT2D eigenvalue weighted by Gasteiger charge is 2.18. The number of hydrogen-bond acceptors (Lipinski definition) is 2. The fraction of sp³-hybridized carbons (Fsp3) is 0.200. The summed E-state index contributed by atoms with van der Waals surface area (Å²) >= 11 is 0. The largest absolute Gasteiger partial charge is 0.318 e. The van der Waals surface area contributed by atoms with Crippen molar-refractivity contribution >= 4 is 19.0 Å². The number of hydrazine groups is 1. The lowest BCUT2D eigenvalue weighted by atomic mass is 9.90. The summed E-state index contributed by atoms with van der Waals surface area (Å²) in [5.74, 6) is 0. The molecule has 3 heteroatoms. The van der Waals surface area contributed by atoms with Gasteiger partial charge >= 0.3 is 0 Å². The zero-order valence-corrected chi connectivity index (χ0v) is 10.5. The molecule has 18 heavy (non-hydrogen) atoms. The highest BCUT2D eigenvalue weighted by atomic mass is 15.5. The molecule has 0 bridgehead atoms. The van der Waals surface area contributed by atoms with E-state index in [2.05, 4.69) is 40.8 Å². The number of nitrogens with one attached hydrogen (secondary N) is 1. The van der Waals surface area contributed by atoms with Crippen LogP contribution in [0.1, 0.15) is 16.7 Å². The zero-order chi connectivity index (χ0) is 12.5. The van der Waals surface area contributed by atoms with E-state index in [0.717, 1.165) is 29.8 Å². The average molecular weight is 234 g/mol. The predicted octanol–water partition coefficient (Wildman–Crippen LogP) is 2.13.